The minimum absolute atomic E-state index is 0.0516. The fourth-order valence-corrected chi connectivity index (χ4v) is 2.56. The summed E-state index contributed by atoms with van der Waals surface area (Å²) in [5.74, 6) is -0.363. The molecule has 0 bridgehead atoms. The molecule has 1 aliphatic rings. The van der Waals surface area contributed by atoms with Crippen molar-refractivity contribution in [3.8, 4) is 0 Å². The second kappa shape index (κ2) is 5.38. The Hall–Kier alpha value is -1.92. The first-order valence-corrected chi connectivity index (χ1v) is 6.49. The molecule has 1 aliphatic heterocycles. The van der Waals surface area contributed by atoms with Crippen molar-refractivity contribution in [1.29, 1.82) is 0 Å². The number of piperidine rings is 1. The van der Waals surface area contributed by atoms with Gasteiger partial charge in [-0.25, -0.2) is 4.68 Å². The molecule has 0 radical (unpaired) electrons. The quantitative estimate of drug-likeness (QED) is 0.814. The molecule has 2 N–H and O–H groups in total. The maximum Gasteiger partial charge on any atom is 0.244 e. The molecule has 19 heavy (non-hydrogen) atoms. The topological polar surface area (TPSA) is 94.1 Å². The average molecular weight is 265 g/mol. The van der Waals surface area contributed by atoms with Gasteiger partial charge in [0.15, 0.2) is 0 Å². The predicted octanol–water partition coefficient (Wildman–Crippen LogP) is -0.218. The summed E-state index contributed by atoms with van der Waals surface area (Å²) in [6.07, 6.45) is 5.40. The Morgan fingerprint density at radius 3 is 2.84 bits per heavy atom. The Morgan fingerprint density at radius 2 is 2.26 bits per heavy atom. The van der Waals surface area contributed by atoms with Crippen LogP contribution in [0.5, 0.6) is 0 Å². The highest BCUT2D eigenvalue weighted by molar-refractivity contribution is 5.83. The zero-order chi connectivity index (χ0) is 13.9. The maximum absolute atomic E-state index is 12.2. The number of carbonyl (C=O) groups is 2. The number of likely N-dealkylation sites (tertiary alicyclic amines) is 1. The molecular weight excluding hydrogens is 246 g/mol. The molecule has 0 spiro atoms. The molecule has 7 nitrogen and oxygen atoms in total. The molecule has 0 unspecified atom stereocenters. The lowest BCUT2D eigenvalue weighted by molar-refractivity contribution is -0.140. The van der Waals surface area contributed by atoms with E-state index in [0.29, 0.717) is 19.5 Å². The molecule has 2 rings (SSSR count). The number of hydrogen-bond acceptors (Lipinski definition) is 4. The zero-order valence-corrected chi connectivity index (χ0v) is 11.1. The van der Waals surface area contributed by atoms with Crippen molar-refractivity contribution in [2.24, 2.45) is 11.1 Å². The van der Waals surface area contributed by atoms with Crippen LogP contribution in [0.1, 0.15) is 26.2 Å². The van der Waals surface area contributed by atoms with E-state index in [1.165, 1.54) is 10.9 Å². The number of rotatable bonds is 4. The van der Waals surface area contributed by atoms with E-state index in [0.717, 1.165) is 12.8 Å². The van der Waals surface area contributed by atoms with Crippen molar-refractivity contribution in [3.63, 3.8) is 0 Å². The molecule has 1 fully saturated rings. The third-order valence-electron chi connectivity index (χ3n) is 3.90. The summed E-state index contributed by atoms with van der Waals surface area (Å²) in [5.41, 5.74) is 4.93. The van der Waals surface area contributed by atoms with Crippen LogP contribution in [0, 0.1) is 5.41 Å². The van der Waals surface area contributed by atoms with Crippen LogP contribution in [0.3, 0.4) is 0 Å². The van der Waals surface area contributed by atoms with Gasteiger partial charge in [0.1, 0.15) is 6.54 Å². The average Bonchev–Trinajstić information content (AvgIpc) is 2.91. The molecule has 1 atom stereocenters. The maximum atomic E-state index is 12.2. The molecule has 0 aromatic carbocycles. The van der Waals surface area contributed by atoms with Gasteiger partial charge in [-0.05, 0) is 19.3 Å². The lowest BCUT2D eigenvalue weighted by Gasteiger charge is -2.40. The van der Waals surface area contributed by atoms with Crippen LogP contribution in [0.2, 0.25) is 0 Å². The summed E-state index contributed by atoms with van der Waals surface area (Å²) >= 11 is 0. The summed E-state index contributed by atoms with van der Waals surface area (Å²) in [4.78, 5) is 25.5. The van der Waals surface area contributed by atoms with E-state index in [4.69, 9.17) is 5.73 Å². The van der Waals surface area contributed by atoms with E-state index < -0.39 is 5.41 Å². The van der Waals surface area contributed by atoms with Gasteiger partial charge in [-0.3, -0.25) is 9.59 Å². The van der Waals surface area contributed by atoms with Crippen LogP contribution in [0.15, 0.2) is 12.4 Å². The largest absolute Gasteiger partial charge is 0.369 e. The first kappa shape index (κ1) is 13.5. The van der Waals surface area contributed by atoms with Gasteiger partial charge in [0, 0.05) is 19.3 Å². The molecule has 104 valence electrons. The standard InChI is InChI=1S/C12H19N5O2/c1-2-12(11(13)19)4-3-6-16(9-12)10(18)8-17-7-5-14-15-17/h5,7H,2-4,6,8-9H2,1H3,(H2,13,19)/t12-/m0/s1. The lowest BCUT2D eigenvalue weighted by atomic mass is 9.77. The van der Waals surface area contributed by atoms with Crippen molar-refractivity contribution >= 4 is 11.8 Å². The van der Waals surface area contributed by atoms with Crippen LogP contribution in [-0.2, 0) is 16.1 Å². The number of amides is 2. The number of hydrogen-bond donors (Lipinski definition) is 1. The highest BCUT2D eigenvalue weighted by Gasteiger charge is 2.40. The molecule has 2 amide bonds. The first-order valence-electron chi connectivity index (χ1n) is 6.49. The summed E-state index contributed by atoms with van der Waals surface area (Å²) < 4.78 is 1.48. The second-order valence-electron chi connectivity index (χ2n) is 5.02. The van der Waals surface area contributed by atoms with Crippen LogP contribution >= 0.6 is 0 Å². The van der Waals surface area contributed by atoms with E-state index in [-0.39, 0.29) is 18.4 Å². The van der Waals surface area contributed by atoms with Gasteiger partial charge in [-0.15, -0.1) is 5.10 Å². The van der Waals surface area contributed by atoms with Gasteiger partial charge < -0.3 is 10.6 Å². The monoisotopic (exact) mass is 265 g/mol. The van der Waals surface area contributed by atoms with E-state index in [2.05, 4.69) is 10.3 Å². The van der Waals surface area contributed by atoms with Crippen molar-refractivity contribution in [2.75, 3.05) is 13.1 Å². The third kappa shape index (κ3) is 2.74. The lowest BCUT2D eigenvalue weighted by Crippen LogP contribution is -2.52. The zero-order valence-electron chi connectivity index (χ0n) is 11.1. The van der Waals surface area contributed by atoms with E-state index >= 15 is 0 Å². The highest BCUT2D eigenvalue weighted by Crippen LogP contribution is 2.33. The van der Waals surface area contributed by atoms with Gasteiger partial charge in [-0.1, -0.05) is 12.1 Å². The fraction of sp³-hybridized carbons (Fsp3) is 0.667. The molecular formula is C12H19N5O2. The Kier molecular flexibility index (Phi) is 3.82. The van der Waals surface area contributed by atoms with Crippen LogP contribution in [0.4, 0.5) is 0 Å². The molecule has 2 heterocycles. The van der Waals surface area contributed by atoms with Crippen molar-refractivity contribution in [1.82, 2.24) is 19.9 Å². The number of nitrogens with zero attached hydrogens (tertiary/aromatic N) is 4. The summed E-state index contributed by atoms with van der Waals surface area (Å²) in [6, 6.07) is 0. The second-order valence-corrected chi connectivity index (χ2v) is 5.02. The van der Waals surface area contributed by atoms with Gasteiger partial charge >= 0.3 is 0 Å². The van der Waals surface area contributed by atoms with E-state index in [1.54, 1.807) is 11.1 Å². The molecule has 7 heteroatoms. The Labute approximate surface area is 111 Å². The number of nitrogens with two attached hydrogens (primary N) is 1. The molecule has 1 aromatic rings. The fourth-order valence-electron chi connectivity index (χ4n) is 2.56. The highest BCUT2D eigenvalue weighted by atomic mass is 16.2. The van der Waals surface area contributed by atoms with Gasteiger partial charge in [-0.2, -0.15) is 0 Å². The number of aromatic nitrogens is 3. The Balaban J connectivity index is 2.04. The predicted molar refractivity (Wildman–Crippen MR) is 67.8 cm³/mol. The Morgan fingerprint density at radius 1 is 1.47 bits per heavy atom. The minimum Gasteiger partial charge on any atom is -0.369 e. The smallest absolute Gasteiger partial charge is 0.244 e. The van der Waals surface area contributed by atoms with Crippen molar-refractivity contribution in [3.05, 3.63) is 12.4 Å². The summed E-state index contributed by atoms with van der Waals surface area (Å²) in [5, 5.41) is 7.43. The number of carbonyl (C=O) groups excluding carboxylic acids is 2. The van der Waals surface area contributed by atoms with Crippen molar-refractivity contribution in [2.45, 2.75) is 32.7 Å². The van der Waals surface area contributed by atoms with Crippen LogP contribution in [-0.4, -0.2) is 44.8 Å². The molecule has 1 aromatic heterocycles. The molecule has 1 saturated heterocycles. The molecule has 0 aliphatic carbocycles. The van der Waals surface area contributed by atoms with Crippen LogP contribution in [0.25, 0.3) is 0 Å². The summed E-state index contributed by atoms with van der Waals surface area (Å²) in [6.45, 7) is 3.17. The van der Waals surface area contributed by atoms with Crippen LogP contribution < -0.4 is 5.73 Å². The van der Waals surface area contributed by atoms with E-state index in [9.17, 15) is 9.59 Å². The SMILES string of the molecule is CC[C@]1(C(N)=O)CCCN(C(=O)Cn2ccnn2)C1. The normalized spacial score (nSPS) is 23.3. The molecule has 0 saturated carbocycles. The van der Waals surface area contributed by atoms with Gasteiger partial charge in [0.2, 0.25) is 11.8 Å². The van der Waals surface area contributed by atoms with E-state index in [1.807, 2.05) is 6.92 Å². The minimum atomic E-state index is -0.573. The third-order valence-corrected chi connectivity index (χ3v) is 3.90. The first-order chi connectivity index (χ1) is 9.07. The number of primary amides is 1. The Bertz CT molecular complexity index is 459. The summed E-state index contributed by atoms with van der Waals surface area (Å²) in [7, 11) is 0. The van der Waals surface area contributed by atoms with Gasteiger partial charge in [0.25, 0.3) is 0 Å². The van der Waals surface area contributed by atoms with Crippen molar-refractivity contribution < 1.29 is 9.59 Å². The van der Waals surface area contributed by atoms with Gasteiger partial charge in [0.05, 0.1) is 11.6 Å².